The minimum absolute atomic E-state index is 1.02. The second kappa shape index (κ2) is 7.32. The van der Waals surface area contributed by atoms with Gasteiger partial charge in [0.05, 0.1) is 16.3 Å². The SMILES string of the molecule is CCC1=C(C)C(=C(Sc2c(C)cccc2C)c2[nH]c(C)cc2C)N=C1C. The van der Waals surface area contributed by atoms with Gasteiger partial charge in [0.2, 0.25) is 0 Å². The Balaban J connectivity index is 2.24. The molecule has 1 aliphatic rings. The van der Waals surface area contributed by atoms with E-state index < -0.39 is 0 Å². The van der Waals surface area contributed by atoms with Crippen molar-refractivity contribution in [2.75, 3.05) is 0 Å². The normalized spacial score (nSPS) is 16.3. The smallest absolute Gasteiger partial charge is 0.0826 e. The van der Waals surface area contributed by atoms with E-state index in [1.54, 1.807) is 0 Å². The number of rotatable bonds is 4. The van der Waals surface area contributed by atoms with Crippen LogP contribution in [0.5, 0.6) is 0 Å². The molecule has 1 aromatic heterocycles. The van der Waals surface area contributed by atoms with Crippen LogP contribution in [0.4, 0.5) is 0 Å². The minimum atomic E-state index is 1.02. The Morgan fingerprint density at radius 1 is 1.00 bits per heavy atom. The third-order valence-corrected chi connectivity index (χ3v) is 6.53. The van der Waals surface area contributed by atoms with Gasteiger partial charge in [0.15, 0.2) is 0 Å². The van der Waals surface area contributed by atoms with Crippen LogP contribution in [0.25, 0.3) is 4.91 Å². The maximum absolute atomic E-state index is 4.99. The number of allylic oxidation sites excluding steroid dienone is 2. The number of nitrogens with zero attached hydrogens (tertiary/aromatic N) is 1. The molecule has 136 valence electrons. The van der Waals surface area contributed by atoms with E-state index in [0.29, 0.717) is 0 Å². The van der Waals surface area contributed by atoms with Crippen molar-refractivity contribution < 1.29 is 0 Å². The number of thioether (sulfide) groups is 1. The van der Waals surface area contributed by atoms with Gasteiger partial charge < -0.3 is 4.98 Å². The molecule has 3 heteroatoms. The standard InChI is InChI=1S/C23H28N2S/c1-8-19-17(6)21(25-18(19)7)23(20-15(4)12-16(5)24-20)26-22-13(2)10-9-11-14(22)3/h9-12,24H,8H2,1-7H3. The number of hydrogen-bond donors (Lipinski definition) is 1. The average Bonchev–Trinajstić information content (AvgIpc) is 3.05. The molecule has 2 nitrogen and oxygen atoms in total. The summed E-state index contributed by atoms with van der Waals surface area (Å²) in [7, 11) is 0. The Bertz CT molecular complexity index is 934. The fraction of sp³-hybridized carbons (Fsp3) is 0.348. The van der Waals surface area contributed by atoms with Crippen molar-refractivity contribution in [2.24, 2.45) is 4.99 Å². The van der Waals surface area contributed by atoms with Crippen molar-refractivity contribution in [3.05, 3.63) is 69.2 Å². The highest BCUT2D eigenvalue weighted by atomic mass is 32.2. The van der Waals surface area contributed by atoms with Gasteiger partial charge in [0, 0.05) is 16.3 Å². The zero-order valence-electron chi connectivity index (χ0n) is 16.9. The number of aliphatic imine (C=N–C) groups is 1. The number of H-pyrrole nitrogens is 1. The molecule has 3 rings (SSSR count). The number of benzene rings is 1. The van der Waals surface area contributed by atoms with Gasteiger partial charge in [0.25, 0.3) is 0 Å². The number of nitrogens with one attached hydrogen (secondary N) is 1. The molecule has 2 heterocycles. The number of aromatic amines is 1. The maximum Gasteiger partial charge on any atom is 0.0826 e. The first-order valence-corrected chi connectivity index (χ1v) is 10.1. The number of aromatic nitrogens is 1. The number of hydrogen-bond acceptors (Lipinski definition) is 2. The van der Waals surface area contributed by atoms with Crippen LogP contribution >= 0.6 is 11.8 Å². The Labute approximate surface area is 161 Å². The summed E-state index contributed by atoms with van der Waals surface area (Å²) >= 11 is 1.85. The van der Waals surface area contributed by atoms with E-state index in [1.807, 2.05) is 11.8 Å². The van der Waals surface area contributed by atoms with Gasteiger partial charge in [-0.2, -0.15) is 0 Å². The molecule has 0 amide bonds. The molecule has 0 fully saturated rings. The van der Waals surface area contributed by atoms with Crippen LogP contribution < -0.4 is 0 Å². The summed E-state index contributed by atoms with van der Waals surface area (Å²) in [6.45, 7) is 15.2. The zero-order valence-corrected chi connectivity index (χ0v) is 17.7. The molecule has 2 aromatic rings. The predicted molar refractivity (Wildman–Crippen MR) is 115 cm³/mol. The van der Waals surface area contributed by atoms with E-state index in [4.69, 9.17) is 4.99 Å². The first-order valence-electron chi connectivity index (χ1n) is 9.24. The number of aryl methyl sites for hydroxylation is 4. The fourth-order valence-corrected chi connectivity index (χ4v) is 4.99. The van der Waals surface area contributed by atoms with Crippen molar-refractivity contribution in [2.45, 2.75) is 59.8 Å². The van der Waals surface area contributed by atoms with Crippen LogP contribution in [0.3, 0.4) is 0 Å². The van der Waals surface area contributed by atoms with Gasteiger partial charge in [-0.1, -0.05) is 36.9 Å². The third kappa shape index (κ3) is 3.33. The minimum Gasteiger partial charge on any atom is -0.358 e. The summed E-state index contributed by atoms with van der Waals surface area (Å²) in [5.74, 6) is 0. The monoisotopic (exact) mass is 364 g/mol. The first-order chi connectivity index (χ1) is 12.3. The lowest BCUT2D eigenvalue weighted by atomic mass is 10.0. The van der Waals surface area contributed by atoms with Crippen molar-refractivity contribution in [1.82, 2.24) is 4.98 Å². The third-order valence-electron chi connectivity index (χ3n) is 5.08. The molecular formula is C23H28N2S. The molecule has 0 atom stereocenters. The van der Waals surface area contributed by atoms with E-state index in [0.717, 1.165) is 17.8 Å². The van der Waals surface area contributed by atoms with Crippen molar-refractivity contribution in [1.29, 1.82) is 0 Å². The van der Waals surface area contributed by atoms with Gasteiger partial charge >= 0.3 is 0 Å². The summed E-state index contributed by atoms with van der Waals surface area (Å²) in [5.41, 5.74) is 11.2. The molecule has 0 aliphatic carbocycles. The molecule has 0 saturated carbocycles. The molecule has 26 heavy (non-hydrogen) atoms. The van der Waals surface area contributed by atoms with E-state index in [1.165, 1.54) is 49.0 Å². The van der Waals surface area contributed by atoms with E-state index in [2.05, 4.69) is 77.7 Å². The molecule has 1 aliphatic heterocycles. The van der Waals surface area contributed by atoms with Crippen LogP contribution in [0.1, 0.15) is 55.3 Å². The summed E-state index contributed by atoms with van der Waals surface area (Å²) in [6, 6.07) is 8.72. The molecule has 0 spiro atoms. The van der Waals surface area contributed by atoms with Gasteiger partial charge in [-0.25, -0.2) is 0 Å². The zero-order chi connectivity index (χ0) is 19.0. The van der Waals surface area contributed by atoms with Gasteiger partial charge in [-0.3, -0.25) is 4.99 Å². The van der Waals surface area contributed by atoms with Crippen LogP contribution in [0.2, 0.25) is 0 Å². The summed E-state index contributed by atoms with van der Waals surface area (Å²) in [4.78, 5) is 11.1. The van der Waals surface area contributed by atoms with Crippen LogP contribution in [0.15, 0.2) is 51.0 Å². The Morgan fingerprint density at radius 2 is 1.65 bits per heavy atom. The highest BCUT2D eigenvalue weighted by Crippen LogP contribution is 2.44. The summed E-state index contributed by atoms with van der Waals surface area (Å²) < 4.78 is 0. The molecule has 0 radical (unpaired) electrons. The molecular weight excluding hydrogens is 336 g/mol. The van der Waals surface area contributed by atoms with Gasteiger partial charge in [0.1, 0.15) is 0 Å². The Kier molecular flexibility index (Phi) is 5.29. The van der Waals surface area contributed by atoms with Gasteiger partial charge in [-0.05, 0) is 81.9 Å². The summed E-state index contributed by atoms with van der Waals surface area (Å²) in [5, 5.41) is 0. The lowest BCUT2D eigenvalue weighted by Gasteiger charge is -2.15. The molecule has 1 aromatic carbocycles. The average molecular weight is 365 g/mol. The van der Waals surface area contributed by atoms with E-state index >= 15 is 0 Å². The highest BCUT2D eigenvalue weighted by molar-refractivity contribution is 8.08. The summed E-state index contributed by atoms with van der Waals surface area (Å²) in [6.07, 6.45) is 1.02. The molecule has 0 bridgehead atoms. The second-order valence-electron chi connectivity index (χ2n) is 7.17. The Hall–Kier alpha value is -2.00. The van der Waals surface area contributed by atoms with Crippen molar-refractivity contribution in [3.8, 4) is 0 Å². The van der Waals surface area contributed by atoms with Crippen LogP contribution in [0, 0.1) is 27.7 Å². The maximum atomic E-state index is 4.99. The van der Waals surface area contributed by atoms with Crippen LogP contribution in [-0.4, -0.2) is 10.7 Å². The lowest BCUT2D eigenvalue weighted by molar-refractivity contribution is 1.15. The van der Waals surface area contributed by atoms with Crippen LogP contribution in [-0.2, 0) is 0 Å². The first kappa shape index (κ1) is 18.8. The molecule has 0 saturated heterocycles. The quantitative estimate of drug-likeness (QED) is 0.586. The fourth-order valence-electron chi connectivity index (χ4n) is 3.72. The van der Waals surface area contributed by atoms with Crippen molar-refractivity contribution >= 4 is 22.4 Å². The highest BCUT2D eigenvalue weighted by Gasteiger charge is 2.24. The molecule has 0 unspecified atom stereocenters. The van der Waals surface area contributed by atoms with Gasteiger partial charge in [-0.15, -0.1) is 0 Å². The lowest BCUT2D eigenvalue weighted by Crippen LogP contribution is -1.94. The largest absolute Gasteiger partial charge is 0.358 e. The topological polar surface area (TPSA) is 28.1 Å². The van der Waals surface area contributed by atoms with Crippen molar-refractivity contribution in [3.63, 3.8) is 0 Å². The second-order valence-corrected chi connectivity index (χ2v) is 8.19. The van der Waals surface area contributed by atoms with E-state index in [9.17, 15) is 0 Å². The molecule has 1 N–H and O–H groups in total. The predicted octanol–water partition coefficient (Wildman–Crippen LogP) is 6.91. The van der Waals surface area contributed by atoms with E-state index in [-0.39, 0.29) is 0 Å². The Morgan fingerprint density at radius 3 is 2.15 bits per heavy atom.